The van der Waals surface area contributed by atoms with E-state index in [9.17, 15) is 9.59 Å². The molecule has 25 heavy (non-hydrogen) atoms. The Morgan fingerprint density at radius 3 is 2.68 bits per heavy atom. The fourth-order valence-corrected chi connectivity index (χ4v) is 2.44. The Morgan fingerprint density at radius 2 is 2.04 bits per heavy atom. The quantitative estimate of drug-likeness (QED) is 0.507. The number of hydrogen-bond acceptors (Lipinski definition) is 5. The summed E-state index contributed by atoms with van der Waals surface area (Å²) in [5.41, 5.74) is 8.70. The van der Waals surface area contributed by atoms with E-state index >= 15 is 0 Å². The molecule has 0 fully saturated rings. The van der Waals surface area contributed by atoms with Crippen molar-refractivity contribution in [3.05, 3.63) is 57.5 Å². The lowest BCUT2D eigenvalue weighted by molar-refractivity contribution is -0.114. The molecule has 6 nitrogen and oxygen atoms in total. The third-order valence-corrected chi connectivity index (χ3v) is 3.89. The van der Waals surface area contributed by atoms with Gasteiger partial charge in [0.25, 0.3) is 5.56 Å². The van der Waals surface area contributed by atoms with Gasteiger partial charge in [-0.2, -0.15) is 0 Å². The lowest BCUT2D eigenvalue weighted by Gasteiger charge is -2.08. The number of aryl methyl sites for hydroxylation is 1. The number of carbonyl (C=O) groups is 1. The molecule has 2 rings (SSSR count). The maximum atomic E-state index is 11.9. The summed E-state index contributed by atoms with van der Waals surface area (Å²) < 4.78 is 0. The van der Waals surface area contributed by atoms with Crippen molar-refractivity contribution in [2.45, 2.75) is 33.1 Å². The molecule has 0 radical (unpaired) electrons. The van der Waals surface area contributed by atoms with Gasteiger partial charge < -0.3 is 11.1 Å². The lowest BCUT2D eigenvalue weighted by atomic mass is 10.1. The van der Waals surface area contributed by atoms with E-state index in [4.69, 9.17) is 5.73 Å². The summed E-state index contributed by atoms with van der Waals surface area (Å²) in [5, 5.41) is 3.32. The smallest absolute Gasteiger partial charge is 0.255 e. The average Bonchev–Trinajstić information content (AvgIpc) is 2.59. The number of nitrogens with zero attached hydrogens (tertiary/aromatic N) is 1. The van der Waals surface area contributed by atoms with Crippen LogP contribution < -0.4 is 16.6 Å². The molecule has 0 amide bonds. The van der Waals surface area contributed by atoms with Crippen molar-refractivity contribution in [3.63, 3.8) is 0 Å². The van der Waals surface area contributed by atoms with Crippen molar-refractivity contribution in [2.75, 3.05) is 17.6 Å². The van der Waals surface area contributed by atoms with E-state index in [1.54, 1.807) is 13.0 Å². The van der Waals surface area contributed by atoms with Crippen LogP contribution in [0.25, 0.3) is 6.08 Å². The molecule has 0 saturated carbocycles. The summed E-state index contributed by atoms with van der Waals surface area (Å²) in [6.07, 6.45) is 5.38. The molecular weight excluding hydrogens is 316 g/mol. The van der Waals surface area contributed by atoms with E-state index in [1.807, 2.05) is 37.3 Å². The second kappa shape index (κ2) is 8.82. The molecule has 0 aliphatic carbocycles. The van der Waals surface area contributed by atoms with Crippen LogP contribution in [-0.4, -0.2) is 22.3 Å². The average molecular weight is 340 g/mol. The summed E-state index contributed by atoms with van der Waals surface area (Å²) in [4.78, 5) is 29.8. The first-order chi connectivity index (χ1) is 12.0. The number of anilines is 2. The van der Waals surface area contributed by atoms with Crippen molar-refractivity contribution < 1.29 is 4.79 Å². The third kappa shape index (κ3) is 5.60. The standard InChI is InChI=1S/C19H24N4O2/c1-3-16(24)11-8-14-6-9-15(10-7-14)21-12-4-5-17-13(2)22-19(20)23-18(17)25/h6-11,21H,3-5,12H2,1-2H3,(H3,20,22,23,25)/b11-8+. The van der Waals surface area contributed by atoms with E-state index in [1.165, 1.54) is 0 Å². The number of ketones is 1. The molecule has 0 bridgehead atoms. The fraction of sp³-hybridized carbons (Fsp3) is 0.316. The first-order valence-corrected chi connectivity index (χ1v) is 8.39. The summed E-state index contributed by atoms with van der Waals surface area (Å²) in [5.74, 6) is 0.267. The number of rotatable bonds is 8. The van der Waals surface area contributed by atoms with Gasteiger partial charge in [0.1, 0.15) is 0 Å². The monoisotopic (exact) mass is 340 g/mol. The van der Waals surface area contributed by atoms with Gasteiger partial charge in [-0.25, -0.2) is 4.98 Å². The molecular formula is C19H24N4O2. The van der Waals surface area contributed by atoms with Gasteiger partial charge in [0.15, 0.2) is 5.78 Å². The number of aromatic amines is 1. The van der Waals surface area contributed by atoms with Crippen LogP contribution in [0.3, 0.4) is 0 Å². The van der Waals surface area contributed by atoms with Crippen molar-refractivity contribution in [2.24, 2.45) is 0 Å². The third-order valence-electron chi connectivity index (χ3n) is 3.89. The van der Waals surface area contributed by atoms with Gasteiger partial charge in [0.2, 0.25) is 5.95 Å². The van der Waals surface area contributed by atoms with Gasteiger partial charge >= 0.3 is 0 Å². The number of nitrogen functional groups attached to an aromatic ring is 1. The zero-order valence-electron chi connectivity index (χ0n) is 14.6. The maximum absolute atomic E-state index is 11.9. The minimum atomic E-state index is -0.164. The predicted molar refractivity (Wildman–Crippen MR) is 102 cm³/mol. The van der Waals surface area contributed by atoms with Crippen LogP contribution in [0.2, 0.25) is 0 Å². The number of hydrogen-bond donors (Lipinski definition) is 3. The molecule has 1 aromatic carbocycles. The number of nitrogens with two attached hydrogens (primary N) is 1. The molecule has 0 atom stereocenters. The van der Waals surface area contributed by atoms with Crippen LogP contribution in [0.15, 0.2) is 35.1 Å². The highest BCUT2D eigenvalue weighted by Gasteiger charge is 2.06. The number of benzene rings is 1. The molecule has 132 valence electrons. The number of carbonyl (C=O) groups excluding carboxylic acids is 1. The summed E-state index contributed by atoms with van der Waals surface area (Å²) >= 11 is 0. The van der Waals surface area contributed by atoms with Gasteiger partial charge in [-0.15, -0.1) is 0 Å². The van der Waals surface area contributed by atoms with Gasteiger partial charge in [-0.05, 0) is 43.5 Å². The van der Waals surface area contributed by atoms with Gasteiger partial charge in [-0.1, -0.05) is 25.1 Å². The SMILES string of the molecule is CCC(=O)/C=C/c1ccc(NCCCc2c(C)nc(N)[nH]c2=O)cc1. The van der Waals surface area contributed by atoms with E-state index in [2.05, 4.69) is 15.3 Å². The Bertz CT molecular complexity index is 807. The Labute approximate surface area is 147 Å². The number of aromatic nitrogens is 2. The lowest BCUT2D eigenvalue weighted by Crippen LogP contribution is -2.19. The van der Waals surface area contributed by atoms with Crippen LogP contribution in [-0.2, 0) is 11.2 Å². The summed E-state index contributed by atoms with van der Waals surface area (Å²) in [6, 6.07) is 7.86. The molecule has 0 spiro atoms. The Balaban J connectivity index is 1.83. The molecule has 1 heterocycles. The Kier molecular flexibility index (Phi) is 6.51. The first kappa shape index (κ1) is 18.4. The molecule has 4 N–H and O–H groups in total. The predicted octanol–water partition coefficient (Wildman–Crippen LogP) is 2.70. The maximum Gasteiger partial charge on any atom is 0.255 e. The topological polar surface area (TPSA) is 101 Å². The van der Waals surface area contributed by atoms with Crippen molar-refractivity contribution >= 4 is 23.5 Å². The van der Waals surface area contributed by atoms with E-state index in [0.717, 1.165) is 24.2 Å². The normalized spacial score (nSPS) is 11.0. The van der Waals surface area contributed by atoms with Crippen LogP contribution in [0.4, 0.5) is 11.6 Å². The fourth-order valence-electron chi connectivity index (χ4n) is 2.44. The van der Waals surface area contributed by atoms with Gasteiger partial charge in [0.05, 0.1) is 0 Å². The molecule has 0 aliphatic rings. The zero-order valence-corrected chi connectivity index (χ0v) is 14.6. The summed E-state index contributed by atoms with van der Waals surface area (Å²) in [7, 11) is 0. The molecule has 6 heteroatoms. The molecule has 1 aromatic heterocycles. The molecule has 0 saturated heterocycles. The van der Waals surface area contributed by atoms with Crippen molar-refractivity contribution in [1.29, 1.82) is 0 Å². The van der Waals surface area contributed by atoms with Gasteiger partial charge in [0, 0.05) is 29.9 Å². The van der Waals surface area contributed by atoms with E-state index in [0.29, 0.717) is 24.1 Å². The van der Waals surface area contributed by atoms with Crippen molar-refractivity contribution in [1.82, 2.24) is 9.97 Å². The molecule has 0 unspecified atom stereocenters. The van der Waals surface area contributed by atoms with Crippen molar-refractivity contribution in [3.8, 4) is 0 Å². The molecule has 2 aromatic rings. The number of allylic oxidation sites excluding steroid dienone is 1. The van der Waals surface area contributed by atoms with Crippen LogP contribution >= 0.6 is 0 Å². The van der Waals surface area contributed by atoms with Crippen LogP contribution in [0.5, 0.6) is 0 Å². The largest absolute Gasteiger partial charge is 0.385 e. The molecule has 0 aliphatic heterocycles. The van der Waals surface area contributed by atoms with E-state index < -0.39 is 0 Å². The number of H-pyrrole nitrogens is 1. The second-order valence-corrected chi connectivity index (χ2v) is 5.82. The highest BCUT2D eigenvalue weighted by atomic mass is 16.1. The summed E-state index contributed by atoms with van der Waals surface area (Å²) in [6.45, 7) is 4.38. The zero-order chi connectivity index (χ0) is 18.2. The first-order valence-electron chi connectivity index (χ1n) is 8.39. The highest BCUT2D eigenvalue weighted by molar-refractivity contribution is 5.93. The minimum absolute atomic E-state index is 0.115. The van der Waals surface area contributed by atoms with E-state index in [-0.39, 0.29) is 17.3 Å². The van der Waals surface area contributed by atoms with Gasteiger partial charge in [-0.3, -0.25) is 14.6 Å². The van der Waals surface area contributed by atoms with Crippen LogP contribution in [0.1, 0.15) is 36.6 Å². The minimum Gasteiger partial charge on any atom is -0.385 e. The van der Waals surface area contributed by atoms with Crippen LogP contribution in [0, 0.1) is 6.92 Å². The second-order valence-electron chi connectivity index (χ2n) is 5.82. The Morgan fingerprint density at radius 1 is 1.32 bits per heavy atom. The Hall–Kier alpha value is -2.89. The highest BCUT2D eigenvalue weighted by Crippen LogP contribution is 2.11. The number of nitrogens with one attached hydrogen (secondary N) is 2.